The smallest absolute Gasteiger partial charge is 0.336 e. The van der Waals surface area contributed by atoms with Gasteiger partial charge in [0.25, 0.3) is 5.91 Å². The van der Waals surface area contributed by atoms with Gasteiger partial charge in [0, 0.05) is 19.6 Å². The van der Waals surface area contributed by atoms with Crippen molar-refractivity contribution in [3.05, 3.63) is 41.5 Å². The second-order valence-electron chi connectivity index (χ2n) is 5.71. The highest BCUT2D eigenvalue weighted by Gasteiger charge is 2.43. The minimum absolute atomic E-state index is 0.229. The topological polar surface area (TPSA) is 63.1 Å². The Morgan fingerprint density at radius 1 is 1.36 bits per heavy atom. The van der Waals surface area contributed by atoms with Crippen LogP contribution in [0.15, 0.2) is 24.3 Å². The molecule has 1 fully saturated rings. The molecule has 0 spiro atoms. The number of hydrogen-bond acceptors (Lipinski definition) is 4. The van der Waals surface area contributed by atoms with Crippen molar-refractivity contribution in [3.63, 3.8) is 0 Å². The zero-order valence-corrected chi connectivity index (χ0v) is 13.2. The highest BCUT2D eigenvalue weighted by atomic mass is 19.4. The fraction of sp³-hybridized carbons (Fsp3) is 0.400. The SMILES string of the molecule is CN(C(=O)c1nnn(-c2ccccc2F)c1C(F)(F)F)[C@H]1CCNC1. The lowest BCUT2D eigenvalue weighted by atomic mass is 10.2. The van der Waals surface area contributed by atoms with Crippen molar-refractivity contribution in [2.24, 2.45) is 0 Å². The van der Waals surface area contributed by atoms with Crippen LogP contribution < -0.4 is 5.32 Å². The van der Waals surface area contributed by atoms with Crippen molar-refractivity contribution in [2.45, 2.75) is 18.6 Å². The molecule has 0 aliphatic carbocycles. The fourth-order valence-electron chi connectivity index (χ4n) is 2.78. The van der Waals surface area contributed by atoms with Gasteiger partial charge in [0.15, 0.2) is 11.4 Å². The van der Waals surface area contributed by atoms with Crippen molar-refractivity contribution < 1.29 is 22.4 Å². The quantitative estimate of drug-likeness (QED) is 0.852. The number of alkyl halides is 3. The Bertz CT molecular complexity index is 782. The summed E-state index contributed by atoms with van der Waals surface area (Å²) >= 11 is 0. The van der Waals surface area contributed by atoms with Crippen LogP contribution in [0.2, 0.25) is 0 Å². The molecule has 0 radical (unpaired) electrons. The second kappa shape index (κ2) is 6.43. The molecule has 1 aliphatic rings. The lowest BCUT2D eigenvalue weighted by molar-refractivity contribution is -0.143. The normalized spacial score (nSPS) is 17.7. The Kier molecular flexibility index (Phi) is 4.46. The molecule has 1 aliphatic heterocycles. The van der Waals surface area contributed by atoms with E-state index in [1.165, 1.54) is 24.1 Å². The van der Waals surface area contributed by atoms with Crippen molar-refractivity contribution in [3.8, 4) is 5.69 Å². The summed E-state index contributed by atoms with van der Waals surface area (Å²) in [5.41, 5.74) is -2.66. The van der Waals surface area contributed by atoms with Gasteiger partial charge in [-0.3, -0.25) is 4.79 Å². The molecule has 2 aromatic rings. The Hall–Kier alpha value is -2.49. The summed E-state index contributed by atoms with van der Waals surface area (Å²) in [4.78, 5) is 13.7. The van der Waals surface area contributed by atoms with Crippen LogP contribution in [-0.2, 0) is 6.18 Å². The van der Waals surface area contributed by atoms with Crippen LogP contribution in [-0.4, -0.2) is 52.0 Å². The molecule has 1 aromatic carbocycles. The number of hydrogen-bond donors (Lipinski definition) is 1. The zero-order valence-electron chi connectivity index (χ0n) is 13.2. The van der Waals surface area contributed by atoms with Gasteiger partial charge in [0.2, 0.25) is 0 Å². The maximum atomic E-state index is 13.9. The van der Waals surface area contributed by atoms with Gasteiger partial charge in [-0.1, -0.05) is 17.3 Å². The lowest BCUT2D eigenvalue weighted by Gasteiger charge is -2.23. The van der Waals surface area contributed by atoms with Gasteiger partial charge in [-0.2, -0.15) is 13.2 Å². The van der Waals surface area contributed by atoms with Crippen LogP contribution in [0.3, 0.4) is 0 Å². The van der Waals surface area contributed by atoms with Gasteiger partial charge < -0.3 is 10.2 Å². The van der Waals surface area contributed by atoms with Gasteiger partial charge in [-0.25, -0.2) is 9.07 Å². The summed E-state index contributed by atoms with van der Waals surface area (Å²) in [5.74, 6) is -1.80. The van der Waals surface area contributed by atoms with E-state index >= 15 is 0 Å². The van der Waals surface area contributed by atoms with Crippen LogP contribution in [0.1, 0.15) is 22.6 Å². The molecule has 25 heavy (non-hydrogen) atoms. The first-order chi connectivity index (χ1) is 11.8. The summed E-state index contributed by atoms with van der Waals surface area (Å²) < 4.78 is 54.9. The van der Waals surface area contributed by atoms with Crippen LogP contribution in [0, 0.1) is 5.82 Å². The molecule has 1 atom stereocenters. The number of carbonyl (C=O) groups excluding carboxylic acids is 1. The van der Waals surface area contributed by atoms with E-state index in [9.17, 15) is 22.4 Å². The average molecular weight is 357 g/mol. The zero-order chi connectivity index (χ0) is 18.2. The number of nitrogens with one attached hydrogen (secondary N) is 1. The standard InChI is InChI=1S/C15H15F4N5O/c1-23(9-6-7-20-8-9)14(25)12-13(15(17,18)19)24(22-21-12)11-5-3-2-4-10(11)16/h2-5,9,20H,6-8H2,1H3/t9-/m0/s1. The van der Waals surface area contributed by atoms with Gasteiger partial charge in [0.05, 0.1) is 0 Å². The number of halogens is 4. The first kappa shape index (κ1) is 17.3. The van der Waals surface area contributed by atoms with Crippen LogP contribution in [0.25, 0.3) is 5.69 Å². The van der Waals surface area contributed by atoms with E-state index in [2.05, 4.69) is 15.6 Å². The molecular formula is C15H15F4N5O. The molecule has 0 saturated carbocycles. The molecule has 3 rings (SSSR count). The molecule has 1 N–H and O–H groups in total. The minimum atomic E-state index is -4.93. The van der Waals surface area contributed by atoms with E-state index in [4.69, 9.17) is 0 Å². The highest BCUT2D eigenvalue weighted by Crippen LogP contribution is 2.33. The molecule has 0 bridgehead atoms. The summed E-state index contributed by atoms with van der Waals surface area (Å²) in [7, 11) is 1.42. The summed E-state index contributed by atoms with van der Waals surface area (Å²) in [6.45, 7) is 1.17. The number of nitrogens with zero attached hydrogens (tertiary/aromatic N) is 4. The Labute approximate surface area is 140 Å². The average Bonchev–Trinajstić information content (AvgIpc) is 3.23. The third kappa shape index (κ3) is 3.21. The van der Waals surface area contributed by atoms with E-state index < -0.39 is 35.0 Å². The first-order valence-electron chi connectivity index (χ1n) is 7.56. The van der Waals surface area contributed by atoms with Gasteiger partial charge >= 0.3 is 6.18 Å². The number of benzene rings is 1. The number of rotatable bonds is 3. The van der Waals surface area contributed by atoms with Gasteiger partial charge in [0.1, 0.15) is 11.5 Å². The number of aromatic nitrogens is 3. The second-order valence-corrected chi connectivity index (χ2v) is 5.71. The molecular weight excluding hydrogens is 342 g/mol. The number of carbonyl (C=O) groups is 1. The summed E-state index contributed by atoms with van der Waals surface area (Å²) in [6, 6.07) is 4.63. The Morgan fingerprint density at radius 2 is 2.08 bits per heavy atom. The molecule has 2 heterocycles. The van der Waals surface area contributed by atoms with Gasteiger partial charge in [-0.05, 0) is 25.1 Å². The molecule has 6 nitrogen and oxygen atoms in total. The molecule has 10 heteroatoms. The fourth-order valence-corrected chi connectivity index (χ4v) is 2.78. The molecule has 1 amide bonds. The Morgan fingerprint density at radius 3 is 2.68 bits per heavy atom. The molecule has 1 aromatic heterocycles. The van der Waals surface area contributed by atoms with E-state index in [-0.39, 0.29) is 6.04 Å². The number of likely N-dealkylation sites (N-methyl/N-ethyl adjacent to an activating group) is 1. The van der Waals surface area contributed by atoms with Crippen LogP contribution in [0.4, 0.5) is 17.6 Å². The Balaban J connectivity index is 2.06. The van der Waals surface area contributed by atoms with Crippen LogP contribution in [0.5, 0.6) is 0 Å². The van der Waals surface area contributed by atoms with Crippen molar-refractivity contribution in [2.75, 3.05) is 20.1 Å². The van der Waals surface area contributed by atoms with Gasteiger partial charge in [-0.15, -0.1) is 5.10 Å². The molecule has 134 valence electrons. The largest absolute Gasteiger partial charge is 0.435 e. The summed E-state index contributed by atoms with van der Waals surface area (Å²) in [6.07, 6.45) is -4.30. The maximum absolute atomic E-state index is 13.9. The van der Waals surface area contributed by atoms with Crippen molar-refractivity contribution >= 4 is 5.91 Å². The number of para-hydroxylation sites is 1. The molecule has 0 unspecified atom stereocenters. The van der Waals surface area contributed by atoms with E-state index in [0.717, 1.165) is 12.1 Å². The predicted molar refractivity (Wildman–Crippen MR) is 79.7 cm³/mol. The van der Waals surface area contributed by atoms with Crippen LogP contribution >= 0.6 is 0 Å². The monoisotopic (exact) mass is 357 g/mol. The minimum Gasteiger partial charge on any atom is -0.336 e. The van der Waals surface area contributed by atoms with Crippen molar-refractivity contribution in [1.82, 2.24) is 25.2 Å². The van der Waals surface area contributed by atoms with E-state index in [0.29, 0.717) is 24.2 Å². The third-order valence-corrected chi connectivity index (χ3v) is 4.12. The predicted octanol–water partition coefficient (Wildman–Crippen LogP) is 1.86. The van der Waals surface area contributed by atoms with E-state index in [1.807, 2.05) is 0 Å². The van der Waals surface area contributed by atoms with E-state index in [1.54, 1.807) is 0 Å². The maximum Gasteiger partial charge on any atom is 0.435 e. The third-order valence-electron chi connectivity index (χ3n) is 4.12. The highest BCUT2D eigenvalue weighted by molar-refractivity contribution is 5.93. The van der Waals surface area contributed by atoms with Crippen molar-refractivity contribution in [1.29, 1.82) is 0 Å². The lowest BCUT2D eigenvalue weighted by Crippen LogP contribution is -2.39. The first-order valence-corrected chi connectivity index (χ1v) is 7.56. The summed E-state index contributed by atoms with van der Waals surface area (Å²) in [5, 5.41) is 9.83. The molecule has 1 saturated heterocycles. The number of amides is 1.